The fourth-order valence-corrected chi connectivity index (χ4v) is 3.60. The molecular weight excluding hydrogens is 322 g/mol. The molecule has 3 rings (SSSR count). The van der Waals surface area contributed by atoms with Gasteiger partial charge in [-0.3, -0.25) is 4.99 Å². The van der Waals surface area contributed by atoms with Crippen LogP contribution in [0.15, 0.2) is 41.9 Å². The molecule has 0 bridgehead atoms. The van der Waals surface area contributed by atoms with Gasteiger partial charge in [0.2, 0.25) is 0 Å². The zero-order valence-electron chi connectivity index (χ0n) is 14.2. The van der Waals surface area contributed by atoms with Crippen LogP contribution in [-0.4, -0.2) is 33.1 Å². The number of hydrogen-bond acceptors (Lipinski definition) is 6. The second-order valence-corrected chi connectivity index (χ2v) is 7.58. The normalized spacial score (nSPS) is 18.5. The summed E-state index contributed by atoms with van der Waals surface area (Å²) in [6.45, 7) is 6.35. The van der Waals surface area contributed by atoms with Crippen LogP contribution in [0.3, 0.4) is 0 Å². The molecular formula is C17H21N5OS. The van der Waals surface area contributed by atoms with Crippen molar-refractivity contribution in [3.05, 3.63) is 42.5 Å². The smallest absolute Gasteiger partial charge is 0.149 e. The van der Waals surface area contributed by atoms with Crippen molar-refractivity contribution in [2.24, 2.45) is 16.1 Å². The number of nitrogens with zero attached hydrogens (tertiary/aromatic N) is 4. The summed E-state index contributed by atoms with van der Waals surface area (Å²) in [6.07, 6.45) is 3.20. The van der Waals surface area contributed by atoms with Crippen LogP contribution in [0.1, 0.15) is 26.3 Å². The van der Waals surface area contributed by atoms with Crippen LogP contribution in [0.5, 0.6) is 5.75 Å². The predicted octanol–water partition coefficient (Wildman–Crippen LogP) is 3.09. The van der Waals surface area contributed by atoms with Gasteiger partial charge in [-0.2, -0.15) is 5.10 Å². The summed E-state index contributed by atoms with van der Waals surface area (Å²) in [5.74, 6) is 0.792. The average Bonchev–Trinajstić information content (AvgIpc) is 3.07. The van der Waals surface area contributed by atoms with E-state index >= 15 is 0 Å². The van der Waals surface area contributed by atoms with Gasteiger partial charge < -0.3 is 10.5 Å². The number of nitrogens with two attached hydrogens (primary N) is 1. The van der Waals surface area contributed by atoms with Gasteiger partial charge in [-0.05, 0) is 6.07 Å². The molecule has 2 N–H and O–H groups in total. The molecule has 0 spiro atoms. The highest BCUT2D eigenvalue weighted by Gasteiger charge is 2.33. The Morgan fingerprint density at radius 3 is 2.62 bits per heavy atom. The Labute approximate surface area is 145 Å². The molecule has 0 aliphatic carbocycles. The minimum atomic E-state index is -0.369. The summed E-state index contributed by atoms with van der Waals surface area (Å²) >= 11 is 1.50. The highest BCUT2D eigenvalue weighted by molar-refractivity contribution is 8.09. The van der Waals surface area contributed by atoms with E-state index in [0.717, 1.165) is 27.6 Å². The number of methoxy groups -OCH3 is 1. The average molecular weight is 343 g/mol. The van der Waals surface area contributed by atoms with Crippen LogP contribution >= 0.6 is 11.8 Å². The van der Waals surface area contributed by atoms with Crippen LogP contribution in [0.25, 0.3) is 10.6 Å². The maximum atomic E-state index is 6.21. The van der Waals surface area contributed by atoms with Crippen molar-refractivity contribution in [1.29, 1.82) is 0 Å². The standard InChI is InChI=1S/C17H21N5OS/c1-17(2,3)15-13(22-10-19-9-20-22)14(24-16(18)21-15)11-7-5-6-8-12(11)23-4/h5-10,16H,18H2,1-4H3. The van der Waals surface area contributed by atoms with Crippen molar-refractivity contribution in [2.75, 3.05) is 7.11 Å². The van der Waals surface area contributed by atoms with Crippen LogP contribution in [0, 0.1) is 5.41 Å². The Morgan fingerprint density at radius 1 is 1.25 bits per heavy atom. The maximum absolute atomic E-state index is 6.21. The Balaban J connectivity index is 2.30. The van der Waals surface area contributed by atoms with Crippen molar-refractivity contribution >= 4 is 28.1 Å². The topological polar surface area (TPSA) is 78.3 Å². The number of aromatic nitrogens is 3. The SMILES string of the molecule is COc1ccccc1C1=C(n2cncn2)C(C(C)(C)C)=NC(N)S1. The number of hydrogen-bond donors (Lipinski definition) is 1. The highest BCUT2D eigenvalue weighted by atomic mass is 32.2. The summed E-state index contributed by atoms with van der Waals surface area (Å²) in [7, 11) is 1.67. The number of para-hydroxylation sites is 1. The van der Waals surface area contributed by atoms with Crippen LogP contribution in [0.2, 0.25) is 0 Å². The second kappa shape index (κ2) is 6.41. The van der Waals surface area contributed by atoms with Crippen molar-refractivity contribution in [3.63, 3.8) is 0 Å². The van der Waals surface area contributed by atoms with Crippen molar-refractivity contribution in [3.8, 4) is 5.75 Å². The first-order chi connectivity index (χ1) is 11.4. The molecule has 0 fully saturated rings. The largest absolute Gasteiger partial charge is 0.496 e. The third kappa shape index (κ3) is 3.09. The third-order valence-corrected chi connectivity index (χ3v) is 4.64. The Bertz CT molecular complexity index is 790. The number of rotatable bonds is 3. The predicted molar refractivity (Wildman–Crippen MR) is 98.6 cm³/mol. The first-order valence-electron chi connectivity index (χ1n) is 7.65. The van der Waals surface area contributed by atoms with Gasteiger partial charge >= 0.3 is 0 Å². The molecule has 0 saturated carbocycles. The molecule has 1 unspecified atom stereocenters. The second-order valence-electron chi connectivity index (χ2n) is 6.45. The minimum Gasteiger partial charge on any atom is -0.496 e. The lowest BCUT2D eigenvalue weighted by molar-refractivity contribution is 0.413. The zero-order valence-corrected chi connectivity index (χ0v) is 15.0. The number of aliphatic imine (C=N–C) groups is 1. The van der Waals surface area contributed by atoms with Gasteiger partial charge in [0.15, 0.2) is 0 Å². The fraction of sp³-hybridized carbons (Fsp3) is 0.353. The van der Waals surface area contributed by atoms with Gasteiger partial charge in [0.25, 0.3) is 0 Å². The van der Waals surface area contributed by atoms with Gasteiger partial charge in [0, 0.05) is 15.9 Å². The lowest BCUT2D eigenvalue weighted by Gasteiger charge is -2.31. The molecule has 1 aromatic carbocycles. The van der Waals surface area contributed by atoms with Gasteiger partial charge in [0.05, 0.1) is 12.8 Å². The lowest BCUT2D eigenvalue weighted by Crippen LogP contribution is -2.31. The monoisotopic (exact) mass is 343 g/mol. The van der Waals surface area contributed by atoms with E-state index in [-0.39, 0.29) is 10.9 Å². The van der Waals surface area contributed by atoms with Crippen molar-refractivity contribution < 1.29 is 4.74 Å². The summed E-state index contributed by atoms with van der Waals surface area (Å²) in [6, 6.07) is 7.90. The molecule has 1 aliphatic heterocycles. The lowest BCUT2D eigenvalue weighted by atomic mass is 9.87. The van der Waals surface area contributed by atoms with Crippen molar-refractivity contribution in [2.45, 2.75) is 26.3 Å². The van der Waals surface area contributed by atoms with Gasteiger partial charge in [-0.15, -0.1) is 0 Å². The van der Waals surface area contributed by atoms with E-state index in [9.17, 15) is 0 Å². The molecule has 1 aromatic heterocycles. The summed E-state index contributed by atoms with van der Waals surface area (Å²) < 4.78 is 7.30. The number of benzene rings is 1. The van der Waals surface area contributed by atoms with E-state index in [1.807, 2.05) is 24.3 Å². The molecule has 7 heteroatoms. The van der Waals surface area contributed by atoms with Crippen LogP contribution < -0.4 is 10.5 Å². The molecule has 1 aliphatic rings. The molecule has 126 valence electrons. The van der Waals surface area contributed by atoms with E-state index in [0.29, 0.717) is 0 Å². The van der Waals surface area contributed by atoms with E-state index in [1.54, 1.807) is 18.1 Å². The fourth-order valence-electron chi connectivity index (χ4n) is 2.61. The van der Waals surface area contributed by atoms with Gasteiger partial charge in [0.1, 0.15) is 29.6 Å². The van der Waals surface area contributed by atoms with E-state index < -0.39 is 0 Å². The maximum Gasteiger partial charge on any atom is 0.149 e. The molecule has 2 heterocycles. The Hall–Kier alpha value is -2.12. The molecule has 0 radical (unpaired) electrons. The summed E-state index contributed by atoms with van der Waals surface area (Å²) in [5.41, 5.74) is 8.43. The molecule has 0 amide bonds. The van der Waals surface area contributed by atoms with Crippen LogP contribution in [0.4, 0.5) is 0 Å². The third-order valence-electron chi connectivity index (χ3n) is 3.64. The van der Waals surface area contributed by atoms with Crippen LogP contribution in [-0.2, 0) is 0 Å². The summed E-state index contributed by atoms with van der Waals surface area (Å²) in [5, 5.41) is 4.33. The van der Waals surface area contributed by atoms with E-state index in [4.69, 9.17) is 15.5 Å². The summed E-state index contributed by atoms with van der Waals surface area (Å²) in [4.78, 5) is 9.78. The first-order valence-corrected chi connectivity index (χ1v) is 8.53. The Kier molecular flexibility index (Phi) is 4.47. The highest BCUT2D eigenvalue weighted by Crippen LogP contribution is 2.44. The molecule has 2 aromatic rings. The van der Waals surface area contributed by atoms with Gasteiger partial charge in [-0.1, -0.05) is 50.7 Å². The van der Waals surface area contributed by atoms with Crippen molar-refractivity contribution in [1.82, 2.24) is 14.8 Å². The molecule has 0 saturated heterocycles. The zero-order chi connectivity index (χ0) is 17.3. The first kappa shape index (κ1) is 16.7. The van der Waals surface area contributed by atoms with E-state index in [2.05, 4.69) is 30.9 Å². The number of ether oxygens (including phenoxy) is 1. The molecule has 24 heavy (non-hydrogen) atoms. The van der Waals surface area contributed by atoms with Gasteiger partial charge in [-0.25, -0.2) is 9.67 Å². The minimum absolute atomic E-state index is 0.187. The number of allylic oxidation sites excluding steroid dienone is 1. The number of thioether (sulfide) groups is 1. The Morgan fingerprint density at radius 2 is 2.00 bits per heavy atom. The van der Waals surface area contributed by atoms with E-state index in [1.165, 1.54) is 18.1 Å². The molecule has 6 nitrogen and oxygen atoms in total. The quantitative estimate of drug-likeness (QED) is 0.926. The molecule has 1 atom stereocenters.